The Labute approximate surface area is 166 Å². The number of aliphatic carboxylic acids is 2. The van der Waals surface area contributed by atoms with Crippen molar-refractivity contribution in [3.63, 3.8) is 0 Å². The van der Waals surface area contributed by atoms with Crippen molar-refractivity contribution in [3.8, 4) is 0 Å². The van der Waals surface area contributed by atoms with Crippen LogP contribution in [0, 0.1) is 10.1 Å². The largest absolute Gasteiger partial charge is 0.473 e. The molecule has 1 aliphatic rings. The smallest absolute Gasteiger partial charge is 0.414 e. The molecule has 0 atom stereocenters. The first-order chi connectivity index (χ1) is 13.5. The van der Waals surface area contributed by atoms with Crippen LogP contribution in [0.3, 0.4) is 0 Å². The summed E-state index contributed by atoms with van der Waals surface area (Å²) in [6.07, 6.45) is 0.551. The minimum absolute atomic E-state index is 0.103. The van der Waals surface area contributed by atoms with E-state index in [1.54, 1.807) is 6.92 Å². The Morgan fingerprint density at radius 1 is 1.10 bits per heavy atom. The van der Waals surface area contributed by atoms with Gasteiger partial charge in [-0.3, -0.25) is 14.9 Å². The highest BCUT2D eigenvalue weighted by molar-refractivity contribution is 7.89. The van der Waals surface area contributed by atoms with Gasteiger partial charge in [0.25, 0.3) is 11.6 Å². The van der Waals surface area contributed by atoms with E-state index >= 15 is 0 Å². The number of nitrogens with zero attached hydrogens (tertiary/aromatic N) is 3. The second kappa shape index (κ2) is 10.5. The molecule has 2 N–H and O–H groups in total. The lowest BCUT2D eigenvalue weighted by molar-refractivity contribution is -0.384. The molecule has 1 aromatic rings. The fourth-order valence-electron chi connectivity index (χ4n) is 2.49. The third kappa shape index (κ3) is 7.12. The van der Waals surface area contributed by atoms with E-state index in [1.807, 2.05) is 0 Å². The number of carboxylic acid groups (broad SMARTS) is 2. The fourth-order valence-corrected chi connectivity index (χ4v) is 3.99. The van der Waals surface area contributed by atoms with E-state index in [2.05, 4.69) is 0 Å². The number of sulfonamides is 1. The Kier molecular flexibility index (Phi) is 8.66. The molecule has 12 nitrogen and oxygen atoms in total. The van der Waals surface area contributed by atoms with Gasteiger partial charge in [0.15, 0.2) is 0 Å². The molecular formula is C16H21N3O9S. The van der Waals surface area contributed by atoms with Gasteiger partial charge < -0.3 is 15.1 Å². The summed E-state index contributed by atoms with van der Waals surface area (Å²) in [7, 11) is -3.26. The number of non-ortho nitro benzene ring substituents is 1. The Hall–Kier alpha value is -3.06. The third-order valence-corrected chi connectivity index (χ3v) is 5.94. The molecule has 1 fully saturated rings. The Morgan fingerprint density at radius 2 is 1.66 bits per heavy atom. The summed E-state index contributed by atoms with van der Waals surface area (Å²) in [5.41, 5.74) is 0.101. The molecule has 0 unspecified atom stereocenters. The molecule has 0 aliphatic carbocycles. The molecule has 1 amide bonds. The zero-order valence-electron chi connectivity index (χ0n) is 15.6. The quantitative estimate of drug-likeness (QED) is 0.376. The molecule has 0 spiro atoms. The summed E-state index contributed by atoms with van der Waals surface area (Å²) in [5, 5.41) is 25.6. The molecule has 1 aliphatic heterocycles. The van der Waals surface area contributed by atoms with Gasteiger partial charge >= 0.3 is 11.9 Å². The zero-order valence-corrected chi connectivity index (χ0v) is 16.4. The molecule has 160 valence electrons. The normalized spacial score (nSPS) is 14.4. The summed E-state index contributed by atoms with van der Waals surface area (Å²) in [6, 6.07) is 5.55. The summed E-state index contributed by atoms with van der Waals surface area (Å²) in [6.45, 7) is 2.88. The third-order valence-electron chi connectivity index (χ3n) is 3.87. The van der Waals surface area contributed by atoms with Crippen molar-refractivity contribution < 1.29 is 37.9 Å². The maximum absolute atomic E-state index is 12.4. The van der Waals surface area contributed by atoms with Crippen molar-refractivity contribution in [1.82, 2.24) is 9.21 Å². The molecule has 0 bridgehead atoms. The number of benzene rings is 1. The molecule has 29 heavy (non-hydrogen) atoms. The van der Waals surface area contributed by atoms with E-state index in [9.17, 15) is 23.3 Å². The van der Waals surface area contributed by atoms with Crippen LogP contribution in [-0.4, -0.2) is 82.5 Å². The van der Waals surface area contributed by atoms with Gasteiger partial charge in [0, 0.05) is 43.9 Å². The molecule has 0 radical (unpaired) electrons. The Balaban J connectivity index is 0.000000612. The number of hydrogen-bond donors (Lipinski definition) is 2. The van der Waals surface area contributed by atoms with Crippen LogP contribution in [0.15, 0.2) is 24.3 Å². The van der Waals surface area contributed by atoms with Gasteiger partial charge in [-0.1, -0.05) is 13.0 Å². The van der Waals surface area contributed by atoms with Crippen LogP contribution in [0.4, 0.5) is 5.69 Å². The van der Waals surface area contributed by atoms with Crippen LogP contribution >= 0.6 is 0 Å². The lowest BCUT2D eigenvalue weighted by atomic mass is 10.1. The van der Waals surface area contributed by atoms with Gasteiger partial charge in [0.2, 0.25) is 10.0 Å². The summed E-state index contributed by atoms with van der Waals surface area (Å²) < 4.78 is 25.4. The number of rotatable bonds is 5. The minimum atomic E-state index is -3.26. The van der Waals surface area contributed by atoms with Crippen LogP contribution in [0.2, 0.25) is 0 Å². The van der Waals surface area contributed by atoms with Crippen molar-refractivity contribution in [2.45, 2.75) is 13.3 Å². The molecule has 0 aromatic heterocycles. The van der Waals surface area contributed by atoms with Crippen molar-refractivity contribution in [2.75, 3.05) is 31.9 Å². The van der Waals surface area contributed by atoms with Gasteiger partial charge in [0.1, 0.15) is 0 Å². The summed E-state index contributed by atoms with van der Waals surface area (Å²) >= 11 is 0. The van der Waals surface area contributed by atoms with E-state index in [-0.39, 0.29) is 49.1 Å². The van der Waals surface area contributed by atoms with Crippen LogP contribution < -0.4 is 0 Å². The van der Waals surface area contributed by atoms with Crippen LogP contribution in [0.25, 0.3) is 0 Å². The van der Waals surface area contributed by atoms with Crippen molar-refractivity contribution in [3.05, 3.63) is 39.9 Å². The standard InChI is InChI=1S/C14H19N3O5S.C2H2O4/c1-2-10-23(21,22)16-8-6-15(7-9-16)14(18)12-4-3-5-13(11-12)17(19)20;3-1(4)2(5)6/h3-5,11H,2,6-10H2,1H3;(H,3,4)(H,5,6). The molecule has 0 saturated carbocycles. The maximum Gasteiger partial charge on any atom is 0.414 e. The molecule has 1 aromatic carbocycles. The first kappa shape index (κ1) is 24.0. The van der Waals surface area contributed by atoms with Crippen molar-refractivity contribution >= 4 is 33.6 Å². The van der Waals surface area contributed by atoms with E-state index in [1.165, 1.54) is 33.5 Å². The maximum atomic E-state index is 12.4. The lowest BCUT2D eigenvalue weighted by Crippen LogP contribution is -2.51. The van der Waals surface area contributed by atoms with E-state index in [0.717, 1.165) is 0 Å². The number of piperazine rings is 1. The fraction of sp³-hybridized carbons (Fsp3) is 0.438. The number of nitro groups is 1. The molecule has 2 rings (SSSR count). The van der Waals surface area contributed by atoms with Crippen LogP contribution in [0.5, 0.6) is 0 Å². The van der Waals surface area contributed by atoms with Crippen molar-refractivity contribution in [1.29, 1.82) is 0 Å². The summed E-state index contributed by atoms with van der Waals surface area (Å²) in [4.78, 5) is 42.3. The molecular weight excluding hydrogens is 410 g/mol. The first-order valence-electron chi connectivity index (χ1n) is 8.47. The van der Waals surface area contributed by atoms with Crippen LogP contribution in [0.1, 0.15) is 23.7 Å². The van der Waals surface area contributed by atoms with Gasteiger partial charge in [-0.2, -0.15) is 4.31 Å². The second-order valence-corrected chi connectivity index (χ2v) is 8.01. The van der Waals surface area contributed by atoms with Gasteiger partial charge in [-0.25, -0.2) is 18.0 Å². The highest BCUT2D eigenvalue weighted by atomic mass is 32.2. The number of carbonyl (C=O) groups is 3. The van der Waals surface area contributed by atoms with E-state index in [4.69, 9.17) is 19.8 Å². The second-order valence-electron chi connectivity index (χ2n) is 5.93. The number of amides is 1. The number of carbonyl (C=O) groups excluding carboxylic acids is 1. The molecule has 13 heteroatoms. The van der Waals surface area contributed by atoms with Crippen molar-refractivity contribution in [2.24, 2.45) is 0 Å². The zero-order chi connectivity index (χ0) is 22.2. The van der Waals surface area contributed by atoms with Crippen LogP contribution in [-0.2, 0) is 19.6 Å². The summed E-state index contributed by atoms with van der Waals surface area (Å²) in [5.74, 6) is -3.86. The highest BCUT2D eigenvalue weighted by Crippen LogP contribution is 2.17. The monoisotopic (exact) mass is 431 g/mol. The minimum Gasteiger partial charge on any atom is -0.473 e. The molecule has 1 saturated heterocycles. The van der Waals surface area contributed by atoms with Gasteiger partial charge in [-0.05, 0) is 12.5 Å². The SMILES string of the molecule is CCCS(=O)(=O)N1CCN(C(=O)c2cccc([N+](=O)[O-])c2)CC1.O=C(O)C(=O)O. The number of nitro benzene ring substituents is 1. The van der Waals surface area contributed by atoms with E-state index < -0.39 is 26.9 Å². The van der Waals surface area contributed by atoms with Gasteiger partial charge in [-0.15, -0.1) is 0 Å². The Bertz CT molecular complexity index is 865. The average Bonchev–Trinajstić information content (AvgIpc) is 2.68. The topological polar surface area (TPSA) is 175 Å². The lowest BCUT2D eigenvalue weighted by Gasteiger charge is -2.34. The average molecular weight is 431 g/mol. The molecule has 1 heterocycles. The highest BCUT2D eigenvalue weighted by Gasteiger charge is 2.28. The Morgan fingerprint density at radius 3 is 2.10 bits per heavy atom. The van der Waals surface area contributed by atoms with Gasteiger partial charge in [0.05, 0.1) is 10.7 Å². The predicted molar refractivity (Wildman–Crippen MR) is 99.9 cm³/mol. The number of carboxylic acids is 2. The first-order valence-corrected chi connectivity index (χ1v) is 10.1. The number of hydrogen-bond acceptors (Lipinski definition) is 7. The van der Waals surface area contributed by atoms with E-state index in [0.29, 0.717) is 6.42 Å². The predicted octanol–water partition coefficient (Wildman–Crippen LogP) is 0.248.